The van der Waals surface area contributed by atoms with Gasteiger partial charge in [-0.05, 0) is 43.7 Å². The Morgan fingerprint density at radius 1 is 1.00 bits per heavy atom. The Morgan fingerprint density at radius 2 is 1.85 bits per heavy atom. The van der Waals surface area contributed by atoms with Crippen molar-refractivity contribution in [3.63, 3.8) is 0 Å². The number of rotatable bonds is 5. The summed E-state index contributed by atoms with van der Waals surface area (Å²) in [6.07, 6.45) is 0. The van der Waals surface area contributed by atoms with Crippen molar-refractivity contribution < 1.29 is 4.42 Å². The molecule has 0 spiro atoms. The van der Waals surface area contributed by atoms with Crippen LogP contribution < -0.4 is 0 Å². The van der Waals surface area contributed by atoms with E-state index in [4.69, 9.17) is 4.42 Å². The zero-order valence-electron chi connectivity index (χ0n) is 14.8. The lowest BCUT2D eigenvalue weighted by molar-refractivity contribution is 0.528. The van der Waals surface area contributed by atoms with E-state index in [1.807, 2.05) is 47.9 Å². The van der Waals surface area contributed by atoms with E-state index in [1.54, 1.807) is 0 Å². The fraction of sp³-hybridized carbons (Fsp3) is 0.158. The number of aromatic nitrogens is 5. The van der Waals surface area contributed by atoms with Gasteiger partial charge in [0, 0.05) is 10.0 Å². The first kappa shape index (κ1) is 17.9. The molecule has 2 heterocycles. The molecule has 0 amide bonds. The van der Waals surface area contributed by atoms with Gasteiger partial charge in [-0.1, -0.05) is 52.0 Å². The van der Waals surface area contributed by atoms with Crippen LogP contribution in [0.3, 0.4) is 0 Å². The third kappa shape index (κ3) is 3.81. The van der Waals surface area contributed by atoms with Gasteiger partial charge in [-0.2, -0.15) is 0 Å². The quantitative estimate of drug-likeness (QED) is 0.406. The highest BCUT2D eigenvalue weighted by Gasteiger charge is 2.15. The van der Waals surface area contributed by atoms with Gasteiger partial charge in [0.05, 0.1) is 11.4 Å². The lowest BCUT2D eigenvalue weighted by atomic mass is 10.2. The molecular weight excluding hydrogens is 426 g/mol. The maximum Gasteiger partial charge on any atom is 0.247 e. The summed E-state index contributed by atoms with van der Waals surface area (Å²) in [7, 11) is 0. The van der Waals surface area contributed by atoms with Crippen molar-refractivity contribution in [2.45, 2.75) is 24.8 Å². The first-order chi connectivity index (χ1) is 13.1. The normalized spacial score (nSPS) is 11.1. The minimum absolute atomic E-state index is 0.503. The van der Waals surface area contributed by atoms with Gasteiger partial charge in [0.2, 0.25) is 11.8 Å². The van der Waals surface area contributed by atoms with Gasteiger partial charge in [0.25, 0.3) is 0 Å². The molecule has 0 saturated heterocycles. The second-order valence-electron chi connectivity index (χ2n) is 5.95. The highest BCUT2D eigenvalue weighted by molar-refractivity contribution is 9.10. The molecule has 0 bridgehead atoms. The molecule has 0 aliphatic carbocycles. The summed E-state index contributed by atoms with van der Waals surface area (Å²) in [6, 6.07) is 15.9. The summed E-state index contributed by atoms with van der Waals surface area (Å²) in [5, 5.41) is 17.6. The van der Waals surface area contributed by atoms with Gasteiger partial charge in [0.15, 0.2) is 5.16 Å². The van der Waals surface area contributed by atoms with Gasteiger partial charge in [0.1, 0.15) is 5.82 Å². The molecule has 27 heavy (non-hydrogen) atoms. The predicted octanol–water partition coefficient (Wildman–Crippen LogP) is 4.99. The average molecular weight is 442 g/mol. The maximum absolute atomic E-state index is 5.80. The van der Waals surface area contributed by atoms with E-state index >= 15 is 0 Å². The number of nitrogens with zero attached hydrogens (tertiary/aromatic N) is 5. The highest BCUT2D eigenvalue weighted by Crippen LogP contribution is 2.28. The third-order valence-corrected chi connectivity index (χ3v) is 5.42. The summed E-state index contributed by atoms with van der Waals surface area (Å²) in [4.78, 5) is 0. The summed E-state index contributed by atoms with van der Waals surface area (Å²) >= 11 is 4.97. The van der Waals surface area contributed by atoms with Crippen LogP contribution in [0.5, 0.6) is 0 Å². The molecule has 136 valence electrons. The molecule has 8 heteroatoms. The zero-order valence-corrected chi connectivity index (χ0v) is 17.2. The number of hydrogen-bond donors (Lipinski definition) is 0. The van der Waals surface area contributed by atoms with E-state index in [-0.39, 0.29) is 0 Å². The van der Waals surface area contributed by atoms with Crippen LogP contribution in [-0.2, 0) is 5.75 Å². The van der Waals surface area contributed by atoms with Crippen LogP contribution in [0.15, 0.2) is 62.6 Å². The predicted molar refractivity (Wildman–Crippen MR) is 108 cm³/mol. The molecule has 0 fully saturated rings. The maximum atomic E-state index is 5.80. The van der Waals surface area contributed by atoms with Crippen LogP contribution in [-0.4, -0.2) is 25.0 Å². The number of thioether (sulfide) groups is 1. The summed E-state index contributed by atoms with van der Waals surface area (Å²) in [6.45, 7) is 4.02. The number of hydrogen-bond acceptors (Lipinski definition) is 6. The molecular formula is C19H16BrN5OS. The monoisotopic (exact) mass is 441 g/mol. The minimum atomic E-state index is 0.503. The topological polar surface area (TPSA) is 69.6 Å². The number of halogens is 1. The molecule has 0 saturated carbocycles. The van der Waals surface area contributed by atoms with Crippen LogP contribution in [0, 0.1) is 13.8 Å². The van der Waals surface area contributed by atoms with Crippen LogP contribution in [0.25, 0.3) is 17.1 Å². The van der Waals surface area contributed by atoms with Crippen molar-refractivity contribution in [2.75, 3.05) is 0 Å². The first-order valence-corrected chi connectivity index (χ1v) is 10.1. The molecule has 0 N–H and O–H groups in total. The number of aryl methyl sites for hydroxylation is 2. The van der Waals surface area contributed by atoms with Crippen LogP contribution in [0.1, 0.15) is 17.3 Å². The molecule has 0 aliphatic rings. The Labute approximate surface area is 169 Å². The van der Waals surface area contributed by atoms with E-state index in [0.717, 1.165) is 32.3 Å². The Hall–Kier alpha value is -2.45. The minimum Gasteiger partial charge on any atom is -0.420 e. The molecule has 2 aromatic heterocycles. The number of benzene rings is 2. The second kappa shape index (κ2) is 7.66. The van der Waals surface area contributed by atoms with Crippen LogP contribution in [0.2, 0.25) is 0 Å². The lowest BCUT2D eigenvalue weighted by Crippen LogP contribution is -2.01. The van der Waals surface area contributed by atoms with Crippen molar-refractivity contribution in [1.82, 2.24) is 25.0 Å². The van der Waals surface area contributed by atoms with Gasteiger partial charge in [-0.3, -0.25) is 4.57 Å². The second-order valence-corrected chi connectivity index (χ2v) is 7.81. The van der Waals surface area contributed by atoms with Crippen molar-refractivity contribution >= 4 is 27.7 Å². The molecule has 0 radical (unpaired) electrons. The first-order valence-electron chi connectivity index (χ1n) is 8.31. The largest absolute Gasteiger partial charge is 0.420 e. The van der Waals surface area contributed by atoms with E-state index in [1.165, 1.54) is 11.8 Å². The van der Waals surface area contributed by atoms with E-state index in [9.17, 15) is 0 Å². The van der Waals surface area contributed by atoms with Crippen molar-refractivity contribution in [2.24, 2.45) is 0 Å². The fourth-order valence-corrected chi connectivity index (χ4v) is 3.93. The molecule has 4 rings (SSSR count). The molecule has 2 aromatic carbocycles. The van der Waals surface area contributed by atoms with Gasteiger partial charge >= 0.3 is 0 Å². The number of para-hydroxylation sites is 1. The Kier molecular flexibility index (Phi) is 5.09. The molecule has 0 unspecified atom stereocenters. The standard InChI is InChI=1S/C19H16BrN5OS/c1-12-6-3-4-9-16(12)25-13(2)21-24-19(25)27-11-17-22-23-18(26-17)14-7-5-8-15(20)10-14/h3-10H,11H2,1-2H3. The lowest BCUT2D eigenvalue weighted by Gasteiger charge is -2.10. The average Bonchev–Trinajstić information content (AvgIpc) is 3.27. The Balaban J connectivity index is 1.55. The van der Waals surface area contributed by atoms with Crippen LogP contribution >= 0.6 is 27.7 Å². The third-order valence-electron chi connectivity index (χ3n) is 4.01. The molecule has 4 aromatic rings. The molecule has 0 aliphatic heterocycles. The highest BCUT2D eigenvalue weighted by atomic mass is 79.9. The Bertz CT molecular complexity index is 1090. The van der Waals surface area contributed by atoms with E-state index in [0.29, 0.717) is 17.5 Å². The fourth-order valence-electron chi connectivity index (χ4n) is 2.70. The van der Waals surface area contributed by atoms with E-state index < -0.39 is 0 Å². The van der Waals surface area contributed by atoms with Gasteiger partial charge in [-0.25, -0.2) is 0 Å². The van der Waals surface area contributed by atoms with Crippen LogP contribution in [0.4, 0.5) is 0 Å². The molecule has 6 nitrogen and oxygen atoms in total. The summed E-state index contributed by atoms with van der Waals surface area (Å²) in [5.74, 6) is 2.41. The SMILES string of the molecule is Cc1ccccc1-n1c(C)nnc1SCc1nnc(-c2cccc(Br)c2)o1. The van der Waals surface area contributed by atoms with Gasteiger partial charge in [-0.15, -0.1) is 20.4 Å². The Morgan fingerprint density at radius 3 is 2.67 bits per heavy atom. The zero-order chi connectivity index (χ0) is 18.8. The molecule has 0 atom stereocenters. The summed E-state index contributed by atoms with van der Waals surface area (Å²) < 4.78 is 8.82. The van der Waals surface area contributed by atoms with Crippen molar-refractivity contribution in [3.05, 3.63) is 70.3 Å². The smallest absolute Gasteiger partial charge is 0.247 e. The van der Waals surface area contributed by atoms with Gasteiger partial charge < -0.3 is 4.42 Å². The van der Waals surface area contributed by atoms with E-state index in [2.05, 4.69) is 55.4 Å². The van der Waals surface area contributed by atoms with Crippen molar-refractivity contribution in [3.8, 4) is 17.1 Å². The summed E-state index contributed by atoms with van der Waals surface area (Å²) in [5.41, 5.74) is 3.12. The van der Waals surface area contributed by atoms with Crippen molar-refractivity contribution in [1.29, 1.82) is 0 Å².